The van der Waals surface area contributed by atoms with Crippen molar-refractivity contribution in [2.75, 3.05) is 6.54 Å². The van der Waals surface area contributed by atoms with Gasteiger partial charge < -0.3 is 5.73 Å². The molecule has 0 aromatic heterocycles. The largest absolute Gasteiger partial charge is 0.330 e. The van der Waals surface area contributed by atoms with Crippen LogP contribution in [0.4, 0.5) is 0 Å². The topological polar surface area (TPSA) is 26.0 Å². The van der Waals surface area contributed by atoms with Crippen molar-refractivity contribution in [1.29, 1.82) is 0 Å². The summed E-state index contributed by atoms with van der Waals surface area (Å²) in [6, 6.07) is 0. The predicted octanol–water partition coefficient (Wildman–Crippen LogP) is 1.85. The minimum absolute atomic E-state index is 0.817. The third-order valence-electron chi connectivity index (χ3n) is 1.20. The van der Waals surface area contributed by atoms with Gasteiger partial charge in [-0.15, -0.1) is 5.73 Å². The van der Waals surface area contributed by atoms with Gasteiger partial charge in [-0.05, 0) is 31.9 Å². The molecule has 52 valence electrons. The maximum absolute atomic E-state index is 5.31. The molecule has 0 radical (unpaired) electrons. The molecule has 0 aliphatic rings. The average Bonchev–Trinajstić information content (AvgIpc) is 1.89. The van der Waals surface area contributed by atoms with Gasteiger partial charge in [-0.25, -0.2) is 0 Å². The zero-order chi connectivity index (χ0) is 6.95. The minimum Gasteiger partial charge on any atom is -0.330 e. The Morgan fingerprint density at radius 3 is 2.67 bits per heavy atom. The van der Waals surface area contributed by atoms with Gasteiger partial charge in [0.15, 0.2) is 0 Å². The van der Waals surface area contributed by atoms with Crippen molar-refractivity contribution in [3.63, 3.8) is 0 Å². The summed E-state index contributed by atoms with van der Waals surface area (Å²) in [4.78, 5) is 0. The van der Waals surface area contributed by atoms with E-state index in [4.69, 9.17) is 5.73 Å². The fourth-order valence-corrected chi connectivity index (χ4v) is 0.670. The lowest BCUT2D eigenvalue weighted by atomic mass is 10.2. The average molecular weight is 125 g/mol. The smallest absolute Gasteiger partial charge is 0.00773 e. The standard InChI is InChI=1S/C8H15N/c1-2-3-4-5-6-7-8-9/h3H,1,4-9H2. The van der Waals surface area contributed by atoms with Gasteiger partial charge in [0.2, 0.25) is 0 Å². The molecule has 0 heterocycles. The highest BCUT2D eigenvalue weighted by Crippen LogP contribution is 1.97. The van der Waals surface area contributed by atoms with E-state index in [1.807, 2.05) is 6.08 Å². The Kier molecular flexibility index (Phi) is 7.05. The first-order valence-corrected chi connectivity index (χ1v) is 3.46. The Morgan fingerprint density at radius 2 is 2.11 bits per heavy atom. The molecule has 0 aliphatic carbocycles. The summed E-state index contributed by atoms with van der Waals surface area (Å²) in [5.41, 5.74) is 8.04. The number of rotatable bonds is 5. The summed E-state index contributed by atoms with van der Waals surface area (Å²) in [6.45, 7) is 4.29. The monoisotopic (exact) mass is 125 g/mol. The van der Waals surface area contributed by atoms with Crippen molar-refractivity contribution in [3.05, 3.63) is 18.4 Å². The summed E-state index contributed by atoms with van der Waals surface area (Å²) < 4.78 is 0. The predicted molar refractivity (Wildman–Crippen MR) is 41.2 cm³/mol. The molecule has 0 saturated carbocycles. The van der Waals surface area contributed by atoms with E-state index in [0.717, 1.165) is 19.4 Å². The maximum Gasteiger partial charge on any atom is -0.00773 e. The molecule has 0 spiro atoms. The zero-order valence-corrected chi connectivity index (χ0v) is 5.90. The van der Waals surface area contributed by atoms with E-state index in [9.17, 15) is 0 Å². The van der Waals surface area contributed by atoms with Gasteiger partial charge in [0.25, 0.3) is 0 Å². The van der Waals surface area contributed by atoms with E-state index in [-0.39, 0.29) is 0 Å². The summed E-state index contributed by atoms with van der Waals surface area (Å²) >= 11 is 0. The van der Waals surface area contributed by atoms with Crippen molar-refractivity contribution >= 4 is 0 Å². The van der Waals surface area contributed by atoms with E-state index in [0.29, 0.717) is 0 Å². The van der Waals surface area contributed by atoms with Gasteiger partial charge in [0.05, 0.1) is 0 Å². The van der Waals surface area contributed by atoms with Crippen LogP contribution in [-0.2, 0) is 0 Å². The second-order valence-corrected chi connectivity index (χ2v) is 2.05. The normalized spacial score (nSPS) is 8.56. The van der Waals surface area contributed by atoms with Gasteiger partial charge in [-0.3, -0.25) is 0 Å². The van der Waals surface area contributed by atoms with Gasteiger partial charge in [0.1, 0.15) is 0 Å². The van der Waals surface area contributed by atoms with Crippen LogP contribution in [0, 0.1) is 0 Å². The summed E-state index contributed by atoms with van der Waals surface area (Å²) in [5, 5.41) is 0. The van der Waals surface area contributed by atoms with E-state index < -0.39 is 0 Å². The molecule has 0 atom stereocenters. The third kappa shape index (κ3) is 7.48. The molecule has 0 aliphatic heterocycles. The van der Waals surface area contributed by atoms with E-state index in [2.05, 4.69) is 12.3 Å². The van der Waals surface area contributed by atoms with E-state index in [1.165, 1.54) is 12.8 Å². The molecule has 0 fully saturated rings. The molecule has 2 N–H and O–H groups in total. The Hall–Kier alpha value is -0.520. The number of hydrogen-bond acceptors (Lipinski definition) is 1. The molecule has 0 rings (SSSR count). The fourth-order valence-electron chi connectivity index (χ4n) is 0.670. The molecule has 9 heavy (non-hydrogen) atoms. The Labute approximate surface area is 57.3 Å². The number of hydrogen-bond donors (Lipinski definition) is 1. The van der Waals surface area contributed by atoms with Gasteiger partial charge >= 0.3 is 0 Å². The number of nitrogens with two attached hydrogens (primary N) is 1. The van der Waals surface area contributed by atoms with Gasteiger partial charge in [0, 0.05) is 0 Å². The highest BCUT2D eigenvalue weighted by atomic mass is 14.5. The molecular formula is C8H15N. The van der Waals surface area contributed by atoms with Crippen LogP contribution in [0.15, 0.2) is 18.4 Å². The van der Waals surface area contributed by atoms with Crippen molar-refractivity contribution in [2.45, 2.75) is 25.7 Å². The van der Waals surface area contributed by atoms with Crippen LogP contribution in [0.3, 0.4) is 0 Å². The molecule has 0 unspecified atom stereocenters. The first-order valence-electron chi connectivity index (χ1n) is 3.46. The fraction of sp³-hybridized carbons (Fsp3) is 0.625. The maximum atomic E-state index is 5.31. The van der Waals surface area contributed by atoms with Crippen LogP contribution >= 0.6 is 0 Å². The van der Waals surface area contributed by atoms with Crippen LogP contribution in [-0.4, -0.2) is 6.54 Å². The molecule has 1 nitrogen and oxygen atoms in total. The van der Waals surface area contributed by atoms with Crippen LogP contribution < -0.4 is 5.73 Å². The van der Waals surface area contributed by atoms with Crippen molar-refractivity contribution < 1.29 is 0 Å². The lowest BCUT2D eigenvalue weighted by Gasteiger charge is -1.91. The minimum atomic E-state index is 0.817. The first kappa shape index (κ1) is 8.48. The highest BCUT2D eigenvalue weighted by Gasteiger charge is 1.82. The van der Waals surface area contributed by atoms with Crippen molar-refractivity contribution in [3.8, 4) is 0 Å². The van der Waals surface area contributed by atoms with E-state index >= 15 is 0 Å². The SMILES string of the molecule is C=C=CCCCCCN. The summed E-state index contributed by atoms with van der Waals surface area (Å²) in [7, 11) is 0. The van der Waals surface area contributed by atoms with Crippen LogP contribution in [0.25, 0.3) is 0 Å². The molecule has 1 heteroatoms. The van der Waals surface area contributed by atoms with Crippen LogP contribution in [0.1, 0.15) is 25.7 Å². The second-order valence-electron chi connectivity index (χ2n) is 2.05. The number of allylic oxidation sites excluding steroid dienone is 1. The Balaban J connectivity index is 2.82. The summed E-state index contributed by atoms with van der Waals surface area (Å²) in [5.74, 6) is 0. The molecule has 0 aromatic rings. The molecule has 0 amide bonds. The second kappa shape index (κ2) is 7.48. The molecule has 0 aromatic carbocycles. The zero-order valence-electron chi connectivity index (χ0n) is 5.90. The summed E-state index contributed by atoms with van der Waals surface area (Å²) in [6.07, 6.45) is 6.67. The van der Waals surface area contributed by atoms with Gasteiger partial charge in [-0.1, -0.05) is 13.0 Å². The Morgan fingerprint density at radius 1 is 1.33 bits per heavy atom. The highest BCUT2D eigenvalue weighted by molar-refractivity contribution is 4.74. The lowest BCUT2D eigenvalue weighted by Crippen LogP contribution is -1.97. The third-order valence-corrected chi connectivity index (χ3v) is 1.20. The lowest BCUT2D eigenvalue weighted by molar-refractivity contribution is 0.696. The quantitative estimate of drug-likeness (QED) is 0.440. The first-order chi connectivity index (χ1) is 4.41. The van der Waals surface area contributed by atoms with Crippen LogP contribution in [0.2, 0.25) is 0 Å². The van der Waals surface area contributed by atoms with E-state index in [1.54, 1.807) is 0 Å². The van der Waals surface area contributed by atoms with Gasteiger partial charge in [-0.2, -0.15) is 0 Å². The van der Waals surface area contributed by atoms with Crippen molar-refractivity contribution in [1.82, 2.24) is 0 Å². The molecule has 0 bridgehead atoms. The molecule has 0 saturated heterocycles. The Bertz CT molecular complexity index is 90.7. The molecular weight excluding hydrogens is 110 g/mol. The van der Waals surface area contributed by atoms with Crippen molar-refractivity contribution in [2.24, 2.45) is 5.73 Å². The number of unbranched alkanes of at least 4 members (excludes halogenated alkanes) is 3. The van der Waals surface area contributed by atoms with Crippen LogP contribution in [0.5, 0.6) is 0 Å².